The van der Waals surface area contributed by atoms with Crippen molar-refractivity contribution in [3.63, 3.8) is 0 Å². The van der Waals surface area contributed by atoms with E-state index < -0.39 is 0 Å². The molecule has 0 saturated carbocycles. The highest BCUT2D eigenvalue weighted by atomic mass is 127. The third-order valence-corrected chi connectivity index (χ3v) is 3.30. The van der Waals surface area contributed by atoms with Crippen molar-refractivity contribution in [3.05, 3.63) is 12.2 Å². The van der Waals surface area contributed by atoms with Gasteiger partial charge in [-0.1, -0.05) is 41.7 Å². The molecule has 2 unspecified atom stereocenters. The average Bonchev–Trinajstić information content (AvgIpc) is 1.77. The smallest absolute Gasteiger partial charge is 0.0315 e. The van der Waals surface area contributed by atoms with Crippen molar-refractivity contribution in [2.75, 3.05) is 0 Å². The molecule has 0 heterocycles. The van der Waals surface area contributed by atoms with E-state index in [1.165, 1.54) is 12.8 Å². The van der Waals surface area contributed by atoms with Crippen LogP contribution in [0.15, 0.2) is 12.2 Å². The molecule has 2 atom stereocenters. The highest BCUT2D eigenvalue weighted by Crippen LogP contribution is 2.23. The lowest BCUT2D eigenvalue weighted by molar-refractivity contribution is 0.549. The van der Waals surface area contributed by atoms with Gasteiger partial charge in [-0.05, 0) is 18.8 Å². The Labute approximate surface area is 64.5 Å². The van der Waals surface area contributed by atoms with Gasteiger partial charge < -0.3 is 0 Å². The minimum atomic E-state index is 0.793. The van der Waals surface area contributed by atoms with E-state index in [-0.39, 0.29) is 0 Å². The van der Waals surface area contributed by atoms with Crippen LogP contribution in [0.1, 0.15) is 19.8 Å². The predicted octanol–water partition coefficient (Wildman–Crippen LogP) is 2.78. The van der Waals surface area contributed by atoms with Crippen molar-refractivity contribution in [3.8, 4) is 0 Å². The van der Waals surface area contributed by atoms with Gasteiger partial charge in [-0.25, -0.2) is 0 Å². The molecule has 1 aliphatic rings. The molecule has 0 bridgehead atoms. The lowest BCUT2D eigenvalue weighted by Crippen LogP contribution is -2.10. The largest absolute Gasteiger partial charge is 0.0875 e. The van der Waals surface area contributed by atoms with Crippen LogP contribution in [0.2, 0.25) is 0 Å². The molecule has 1 heteroatoms. The summed E-state index contributed by atoms with van der Waals surface area (Å²) in [4.78, 5) is 0. The van der Waals surface area contributed by atoms with Crippen LogP contribution in [0.3, 0.4) is 0 Å². The van der Waals surface area contributed by atoms with Gasteiger partial charge in [-0.2, -0.15) is 0 Å². The van der Waals surface area contributed by atoms with Gasteiger partial charge in [0, 0.05) is 3.92 Å². The molecule has 1 rings (SSSR count). The molecule has 1 aliphatic carbocycles. The Morgan fingerprint density at radius 2 is 2.38 bits per heavy atom. The fourth-order valence-electron chi connectivity index (χ4n) is 0.934. The molecule has 0 amide bonds. The zero-order chi connectivity index (χ0) is 5.98. The van der Waals surface area contributed by atoms with E-state index in [0.29, 0.717) is 0 Å². The summed E-state index contributed by atoms with van der Waals surface area (Å²) in [5.41, 5.74) is 0. The van der Waals surface area contributed by atoms with Gasteiger partial charge in [0.25, 0.3) is 0 Å². The normalized spacial score (nSPS) is 37.8. The Balaban J connectivity index is 2.47. The van der Waals surface area contributed by atoms with Crippen LogP contribution in [0, 0.1) is 5.92 Å². The van der Waals surface area contributed by atoms with Gasteiger partial charge in [0.2, 0.25) is 0 Å². The van der Waals surface area contributed by atoms with Crippen LogP contribution in [-0.2, 0) is 0 Å². The number of rotatable bonds is 0. The zero-order valence-corrected chi connectivity index (χ0v) is 7.26. The van der Waals surface area contributed by atoms with Crippen LogP contribution in [-0.4, -0.2) is 3.92 Å². The quantitative estimate of drug-likeness (QED) is 0.336. The summed E-state index contributed by atoms with van der Waals surface area (Å²) in [5.74, 6) is 0.903. The molecule has 0 saturated heterocycles. The van der Waals surface area contributed by atoms with Crippen LogP contribution >= 0.6 is 22.6 Å². The van der Waals surface area contributed by atoms with Crippen molar-refractivity contribution in [2.24, 2.45) is 5.92 Å². The summed E-state index contributed by atoms with van der Waals surface area (Å²) in [6.07, 6.45) is 7.27. The van der Waals surface area contributed by atoms with Crippen LogP contribution in [0.4, 0.5) is 0 Å². The Morgan fingerprint density at radius 3 is 2.75 bits per heavy atom. The number of alkyl halides is 1. The lowest BCUT2D eigenvalue weighted by Gasteiger charge is -2.17. The Hall–Kier alpha value is 0.470. The lowest BCUT2D eigenvalue weighted by atomic mass is 9.97. The first-order chi connectivity index (χ1) is 3.80. The summed E-state index contributed by atoms with van der Waals surface area (Å²) < 4.78 is 0.793. The number of hydrogen-bond acceptors (Lipinski definition) is 0. The van der Waals surface area contributed by atoms with E-state index in [1.54, 1.807) is 0 Å². The van der Waals surface area contributed by atoms with E-state index in [2.05, 4.69) is 41.7 Å². The van der Waals surface area contributed by atoms with Gasteiger partial charge in [0.15, 0.2) is 0 Å². The van der Waals surface area contributed by atoms with Crippen molar-refractivity contribution in [1.29, 1.82) is 0 Å². The summed E-state index contributed by atoms with van der Waals surface area (Å²) in [5, 5.41) is 0. The molecule has 0 aromatic carbocycles. The maximum absolute atomic E-state index is 2.50. The van der Waals surface area contributed by atoms with Gasteiger partial charge in [-0.15, -0.1) is 0 Å². The highest BCUT2D eigenvalue weighted by molar-refractivity contribution is 14.1. The molecule has 46 valence electrons. The third-order valence-electron chi connectivity index (χ3n) is 1.65. The minimum absolute atomic E-state index is 0.793. The number of allylic oxidation sites excluding steroid dienone is 2. The molecule has 0 spiro atoms. The fraction of sp³-hybridized carbons (Fsp3) is 0.714. The summed E-state index contributed by atoms with van der Waals surface area (Å²) in [7, 11) is 0. The SMILES string of the molecule is CC1CCC=CC1I. The van der Waals surface area contributed by atoms with Crippen LogP contribution in [0.25, 0.3) is 0 Å². The van der Waals surface area contributed by atoms with Crippen LogP contribution in [0.5, 0.6) is 0 Å². The third kappa shape index (κ3) is 1.47. The second-order valence-electron chi connectivity index (χ2n) is 2.43. The Kier molecular flexibility index (Phi) is 2.35. The molecule has 0 N–H and O–H groups in total. The van der Waals surface area contributed by atoms with Crippen LogP contribution < -0.4 is 0 Å². The highest BCUT2D eigenvalue weighted by Gasteiger charge is 2.12. The average molecular weight is 222 g/mol. The number of hydrogen-bond donors (Lipinski definition) is 0. The second kappa shape index (κ2) is 2.85. The van der Waals surface area contributed by atoms with E-state index in [1.807, 2.05) is 0 Å². The Morgan fingerprint density at radius 1 is 1.62 bits per heavy atom. The first-order valence-electron chi connectivity index (χ1n) is 3.11. The van der Waals surface area contributed by atoms with E-state index in [9.17, 15) is 0 Å². The molecule has 0 radical (unpaired) electrons. The van der Waals surface area contributed by atoms with Crippen molar-refractivity contribution < 1.29 is 0 Å². The monoisotopic (exact) mass is 222 g/mol. The summed E-state index contributed by atoms with van der Waals surface area (Å²) >= 11 is 2.50. The first kappa shape index (κ1) is 6.59. The van der Waals surface area contributed by atoms with Gasteiger partial charge in [0.1, 0.15) is 0 Å². The number of halogens is 1. The summed E-state index contributed by atoms with van der Waals surface area (Å²) in [6.45, 7) is 2.32. The summed E-state index contributed by atoms with van der Waals surface area (Å²) in [6, 6.07) is 0. The van der Waals surface area contributed by atoms with Gasteiger partial charge >= 0.3 is 0 Å². The standard InChI is InChI=1S/C7H11I/c1-6-4-2-3-5-7(6)8/h3,5-7H,2,4H2,1H3. The molecule has 0 aliphatic heterocycles. The first-order valence-corrected chi connectivity index (χ1v) is 4.36. The topological polar surface area (TPSA) is 0 Å². The van der Waals surface area contributed by atoms with Gasteiger partial charge in [-0.3, -0.25) is 0 Å². The fourth-order valence-corrected chi connectivity index (χ4v) is 1.59. The molecular weight excluding hydrogens is 211 g/mol. The van der Waals surface area contributed by atoms with E-state index in [0.717, 1.165) is 9.84 Å². The minimum Gasteiger partial charge on any atom is -0.0875 e. The molecule has 0 fully saturated rings. The molecule has 0 aromatic rings. The van der Waals surface area contributed by atoms with Gasteiger partial charge in [0.05, 0.1) is 0 Å². The van der Waals surface area contributed by atoms with E-state index in [4.69, 9.17) is 0 Å². The molecule has 0 aromatic heterocycles. The van der Waals surface area contributed by atoms with Crippen molar-refractivity contribution >= 4 is 22.6 Å². The Bertz CT molecular complexity index is 96.6. The van der Waals surface area contributed by atoms with Crippen molar-refractivity contribution in [2.45, 2.75) is 23.7 Å². The predicted molar refractivity (Wildman–Crippen MR) is 45.3 cm³/mol. The van der Waals surface area contributed by atoms with E-state index >= 15 is 0 Å². The molecule has 0 nitrogen and oxygen atoms in total. The maximum Gasteiger partial charge on any atom is 0.0315 e. The molecule has 8 heavy (non-hydrogen) atoms. The van der Waals surface area contributed by atoms with Crippen molar-refractivity contribution in [1.82, 2.24) is 0 Å². The maximum atomic E-state index is 2.50. The molecular formula is C7H11I. The zero-order valence-electron chi connectivity index (χ0n) is 5.10. The second-order valence-corrected chi connectivity index (χ2v) is 3.87.